The Hall–Kier alpha value is -1.37. The van der Waals surface area contributed by atoms with Crippen molar-refractivity contribution in [2.24, 2.45) is 0 Å². The number of H-pyrrole nitrogens is 1. The van der Waals surface area contributed by atoms with Crippen LogP contribution in [0.4, 0.5) is 8.78 Å². The van der Waals surface area contributed by atoms with Crippen LogP contribution in [0.15, 0.2) is 12.1 Å². The number of nitrogens with zero attached hydrogens (tertiary/aromatic N) is 1. The predicted octanol–water partition coefficient (Wildman–Crippen LogP) is 4.00. The van der Waals surface area contributed by atoms with Crippen LogP contribution in [0.2, 0.25) is 0 Å². The molecule has 0 bridgehead atoms. The SMILES string of the molecule is CCC(C)(C[C@H]1O[C@@H](c2cc3cc(F)c(F)nc3[nH]c2=S)[C@@H](O)C1O)OP(=O)(O)C(O)(CC)CC. The van der Waals surface area contributed by atoms with Crippen LogP contribution >= 0.6 is 19.8 Å². The molecule has 2 aromatic heterocycles. The molecule has 35 heavy (non-hydrogen) atoms. The average Bonchev–Trinajstić information content (AvgIpc) is 3.06. The second-order valence-corrected chi connectivity index (χ2v) is 11.6. The molecule has 3 unspecified atom stereocenters. The van der Waals surface area contributed by atoms with E-state index in [4.69, 9.17) is 21.5 Å². The summed E-state index contributed by atoms with van der Waals surface area (Å²) in [6.07, 6.45) is -4.84. The van der Waals surface area contributed by atoms with Crippen LogP contribution < -0.4 is 0 Å². The quantitative estimate of drug-likeness (QED) is 0.182. The number of pyridine rings is 2. The first-order valence-corrected chi connectivity index (χ1v) is 13.4. The van der Waals surface area contributed by atoms with Crippen molar-refractivity contribution >= 4 is 30.8 Å². The molecule has 0 amide bonds. The van der Waals surface area contributed by atoms with Gasteiger partial charge in [0.05, 0.1) is 11.7 Å². The van der Waals surface area contributed by atoms with Crippen molar-refractivity contribution in [2.75, 3.05) is 0 Å². The van der Waals surface area contributed by atoms with Gasteiger partial charge in [0.1, 0.15) is 28.6 Å². The third kappa shape index (κ3) is 5.35. The van der Waals surface area contributed by atoms with Gasteiger partial charge >= 0.3 is 7.60 Å². The lowest BCUT2D eigenvalue weighted by Gasteiger charge is -2.38. The van der Waals surface area contributed by atoms with Crippen molar-refractivity contribution < 1.29 is 42.8 Å². The molecule has 0 saturated carbocycles. The lowest BCUT2D eigenvalue weighted by Crippen LogP contribution is -2.40. The molecule has 9 nitrogen and oxygen atoms in total. The van der Waals surface area contributed by atoms with Gasteiger partial charge in [-0.25, -0.2) is 4.39 Å². The molecule has 5 N–H and O–H groups in total. The Balaban J connectivity index is 1.88. The number of aliphatic hydroxyl groups excluding tert-OH is 2. The summed E-state index contributed by atoms with van der Waals surface area (Å²) in [5.74, 6) is -2.45. The second-order valence-electron chi connectivity index (χ2n) is 9.14. The molecular weight excluding hydrogens is 505 g/mol. The standard InChI is InChI=1S/C22H31F2N2O7PS/c1-5-21(4,33-34(30,31)22(29,6-2)7-3)10-14-15(27)16(28)17(32-14)12-8-11-9-13(23)18(24)25-19(11)26-20(12)35/h8-9,14-17,27-29H,5-7,10H2,1-4H3,(H,30,31)(H,25,26,35)/t14-,15?,16+,17+,21?/m1/s1. The van der Waals surface area contributed by atoms with Gasteiger partial charge in [0.25, 0.3) is 5.95 Å². The van der Waals surface area contributed by atoms with Crippen molar-refractivity contribution in [3.63, 3.8) is 0 Å². The Kier molecular flexibility index (Phi) is 8.20. The summed E-state index contributed by atoms with van der Waals surface area (Å²) in [6, 6.07) is 2.32. The van der Waals surface area contributed by atoms with Crippen molar-refractivity contribution in [3.8, 4) is 0 Å². The number of rotatable bonds is 9. The molecule has 3 rings (SSSR count). The fourth-order valence-electron chi connectivity index (χ4n) is 4.19. The monoisotopic (exact) mass is 536 g/mol. The zero-order chi connectivity index (χ0) is 26.3. The Morgan fingerprint density at radius 3 is 2.40 bits per heavy atom. The minimum Gasteiger partial charge on any atom is -0.388 e. The van der Waals surface area contributed by atoms with Gasteiger partial charge in [0.2, 0.25) is 0 Å². The molecule has 1 aliphatic rings. The summed E-state index contributed by atoms with van der Waals surface area (Å²) in [6.45, 7) is 6.42. The highest BCUT2D eigenvalue weighted by molar-refractivity contribution is 7.71. The first kappa shape index (κ1) is 28.2. The zero-order valence-electron chi connectivity index (χ0n) is 19.9. The highest BCUT2D eigenvalue weighted by atomic mass is 32.1. The molecule has 6 atom stereocenters. The maximum atomic E-state index is 13.7. The number of aromatic nitrogens is 2. The number of halogens is 2. The van der Waals surface area contributed by atoms with Gasteiger partial charge in [-0.3, -0.25) is 4.57 Å². The first-order chi connectivity index (χ1) is 16.2. The summed E-state index contributed by atoms with van der Waals surface area (Å²) < 4.78 is 51.7. The largest absolute Gasteiger partial charge is 0.388 e. The zero-order valence-corrected chi connectivity index (χ0v) is 21.6. The molecule has 196 valence electrons. The van der Waals surface area contributed by atoms with Crippen molar-refractivity contribution in [2.45, 2.75) is 88.7 Å². The van der Waals surface area contributed by atoms with Gasteiger partial charge in [-0.15, -0.1) is 0 Å². The highest BCUT2D eigenvalue weighted by Crippen LogP contribution is 2.60. The fourth-order valence-corrected chi connectivity index (χ4v) is 6.24. The highest BCUT2D eigenvalue weighted by Gasteiger charge is 2.51. The van der Waals surface area contributed by atoms with Crippen LogP contribution in [0.3, 0.4) is 0 Å². The topological polar surface area (TPSA) is 145 Å². The molecule has 1 fully saturated rings. The van der Waals surface area contributed by atoms with Crippen LogP contribution in [0.5, 0.6) is 0 Å². The van der Waals surface area contributed by atoms with Crippen LogP contribution in [0, 0.1) is 16.4 Å². The van der Waals surface area contributed by atoms with E-state index in [0.29, 0.717) is 0 Å². The summed E-state index contributed by atoms with van der Waals surface area (Å²) >= 11 is 5.29. The lowest BCUT2D eigenvalue weighted by molar-refractivity contribution is -0.0544. The minimum absolute atomic E-state index is 0.000160. The van der Waals surface area contributed by atoms with E-state index in [9.17, 15) is 33.6 Å². The molecule has 13 heteroatoms. The number of fused-ring (bicyclic) bond motifs is 1. The minimum atomic E-state index is -4.50. The molecule has 0 radical (unpaired) electrons. The fraction of sp³-hybridized carbons (Fsp3) is 0.636. The first-order valence-electron chi connectivity index (χ1n) is 11.4. The van der Waals surface area contributed by atoms with Crippen LogP contribution in [-0.4, -0.2) is 59.4 Å². The van der Waals surface area contributed by atoms with E-state index in [1.807, 2.05) is 0 Å². The number of aromatic amines is 1. The molecule has 2 aromatic rings. The molecule has 0 aromatic carbocycles. The number of hydrogen-bond donors (Lipinski definition) is 5. The van der Waals surface area contributed by atoms with Gasteiger partial charge in [0.15, 0.2) is 11.2 Å². The number of ether oxygens (including phenoxy) is 1. The van der Waals surface area contributed by atoms with Crippen LogP contribution in [-0.2, 0) is 13.8 Å². The number of hydrogen-bond acceptors (Lipinski definition) is 8. The van der Waals surface area contributed by atoms with E-state index in [1.165, 1.54) is 6.07 Å². The Morgan fingerprint density at radius 1 is 1.20 bits per heavy atom. The lowest BCUT2D eigenvalue weighted by atomic mass is 9.92. The summed E-state index contributed by atoms with van der Waals surface area (Å²) in [5.41, 5.74) is -1.06. The molecule has 1 aliphatic heterocycles. The number of nitrogens with one attached hydrogen (secondary N) is 1. The average molecular weight is 537 g/mol. The maximum absolute atomic E-state index is 13.7. The maximum Gasteiger partial charge on any atom is 0.359 e. The van der Waals surface area contributed by atoms with Gasteiger partial charge in [-0.2, -0.15) is 9.37 Å². The molecule has 1 saturated heterocycles. The number of aliphatic hydroxyl groups is 3. The van der Waals surface area contributed by atoms with Gasteiger partial charge in [0, 0.05) is 17.4 Å². The van der Waals surface area contributed by atoms with E-state index < -0.39 is 54.7 Å². The van der Waals surface area contributed by atoms with E-state index in [2.05, 4.69) is 9.97 Å². The summed E-state index contributed by atoms with van der Waals surface area (Å²) in [5, 5.41) is 30.3. The summed E-state index contributed by atoms with van der Waals surface area (Å²) in [4.78, 5) is 16.7. The van der Waals surface area contributed by atoms with Crippen LogP contribution in [0.1, 0.15) is 65.0 Å². The van der Waals surface area contributed by atoms with Gasteiger partial charge in [-0.1, -0.05) is 33.0 Å². The van der Waals surface area contributed by atoms with E-state index in [0.717, 1.165) is 6.07 Å². The third-order valence-corrected chi connectivity index (χ3v) is 9.53. The molecule has 0 spiro atoms. The smallest absolute Gasteiger partial charge is 0.359 e. The van der Waals surface area contributed by atoms with Gasteiger partial charge in [-0.05, 0) is 38.3 Å². The van der Waals surface area contributed by atoms with E-state index in [-0.39, 0.29) is 46.9 Å². The van der Waals surface area contributed by atoms with Gasteiger partial charge < -0.3 is 34.5 Å². The molecular formula is C22H31F2N2O7PS. The van der Waals surface area contributed by atoms with Crippen molar-refractivity contribution in [1.82, 2.24) is 9.97 Å². The van der Waals surface area contributed by atoms with E-state index >= 15 is 0 Å². The van der Waals surface area contributed by atoms with Crippen molar-refractivity contribution in [1.29, 1.82) is 0 Å². The molecule has 0 aliphatic carbocycles. The van der Waals surface area contributed by atoms with Crippen LogP contribution in [0.25, 0.3) is 11.0 Å². The molecule has 3 heterocycles. The predicted molar refractivity (Wildman–Crippen MR) is 126 cm³/mol. The third-order valence-electron chi connectivity index (χ3n) is 6.82. The Morgan fingerprint density at radius 2 is 1.83 bits per heavy atom. The Bertz CT molecular complexity index is 1190. The normalized spacial score (nSPS) is 26.6. The second kappa shape index (κ2) is 10.2. The van der Waals surface area contributed by atoms with E-state index in [1.54, 1.807) is 27.7 Å². The van der Waals surface area contributed by atoms with Crippen molar-refractivity contribution in [3.05, 3.63) is 34.1 Å². The summed E-state index contributed by atoms with van der Waals surface area (Å²) in [7, 11) is -4.50. The Labute approximate surface area is 206 Å².